The van der Waals surface area contributed by atoms with E-state index in [1.54, 1.807) is 6.20 Å². The van der Waals surface area contributed by atoms with Gasteiger partial charge in [-0.25, -0.2) is 4.79 Å². The smallest absolute Gasteiger partial charge is 0.338 e. The molecule has 0 fully saturated rings. The van der Waals surface area contributed by atoms with Crippen LogP contribution in [0.5, 0.6) is 0 Å². The predicted molar refractivity (Wildman–Crippen MR) is 55.5 cm³/mol. The lowest BCUT2D eigenvalue weighted by Crippen LogP contribution is -2.12. The van der Waals surface area contributed by atoms with Crippen molar-refractivity contribution in [3.8, 4) is 0 Å². The Bertz CT molecular complexity index is 519. The molecule has 2 aromatic heterocycles. The van der Waals surface area contributed by atoms with Gasteiger partial charge in [-0.05, 0) is 12.1 Å². The van der Waals surface area contributed by atoms with E-state index in [1.165, 1.54) is 16.8 Å². The first-order valence-corrected chi connectivity index (χ1v) is 4.70. The Balaban J connectivity index is 2.13. The van der Waals surface area contributed by atoms with Crippen LogP contribution in [0.1, 0.15) is 26.6 Å². The van der Waals surface area contributed by atoms with E-state index in [2.05, 4.69) is 5.10 Å². The van der Waals surface area contributed by atoms with Gasteiger partial charge < -0.3 is 15.3 Å². The normalized spacial score (nSPS) is 10.4. The second-order valence-electron chi connectivity index (χ2n) is 3.37. The molecule has 17 heavy (non-hydrogen) atoms. The topological polar surface area (TPSA) is 111 Å². The fraction of sp³-hybridized carbons (Fsp3) is 0.100. The van der Waals surface area contributed by atoms with Crippen molar-refractivity contribution in [2.24, 2.45) is 5.73 Å². The third-order valence-electron chi connectivity index (χ3n) is 2.11. The molecule has 7 heteroatoms. The lowest BCUT2D eigenvalue weighted by Gasteiger charge is -1.96. The monoisotopic (exact) mass is 235 g/mol. The van der Waals surface area contributed by atoms with Gasteiger partial charge in [-0.1, -0.05) is 0 Å². The van der Waals surface area contributed by atoms with E-state index < -0.39 is 11.9 Å². The Hall–Kier alpha value is -2.57. The van der Waals surface area contributed by atoms with Gasteiger partial charge in [0.25, 0.3) is 5.91 Å². The SMILES string of the molecule is NC(=O)c1ccn(Cc2cc(C(=O)O)co2)n1. The van der Waals surface area contributed by atoms with E-state index in [0.717, 1.165) is 6.26 Å². The van der Waals surface area contributed by atoms with Gasteiger partial charge in [0.05, 0.1) is 12.1 Å². The van der Waals surface area contributed by atoms with Gasteiger partial charge in [-0.2, -0.15) is 5.10 Å². The summed E-state index contributed by atoms with van der Waals surface area (Å²) in [6.07, 6.45) is 2.71. The zero-order chi connectivity index (χ0) is 12.4. The van der Waals surface area contributed by atoms with E-state index in [0.29, 0.717) is 5.76 Å². The number of primary amides is 1. The first-order chi connectivity index (χ1) is 8.06. The number of carboxylic acid groups (broad SMARTS) is 1. The molecule has 0 spiro atoms. The zero-order valence-electron chi connectivity index (χ0n) is 8.66. The number of carbonyl (C=O) groups excluding carboxylic acids is 1. The molecule has 0 aliphatic heterocycles. The molecule has 0 aromatic carbocycles. The summed E-state index contributed by atoms with van der Waals surface area (Å²) in [6, 6.07) is 2.87. The molecule has 88 valence electrons. The minimum Gasteiger partial charge on any atom is -0.478 e. The largest absolute Gasteiger partial charge is 0.478 e. The summed E-state index contributed by atoms with van der Waals surface area (Å²) in [7, 11) is 0. The maximum absolute atomic E-state index is 10.8. The average molecular weight is 235 g/mol. The van der Waals surface area contributed by atoms with E-state index in [4.69, 9.17) is 15.3 Å². The molecule has 3 N–H and O–H groups in total. The van der Waals surface area contributed by atoms with Crippen LogP contribution in [-0.4, -0.2) is 26.8 Å². The third-order valence-corrected chi connectivity index (χ3v) is 2.11. The Morgan fingerprint density at radius 1 is 1.53 bits per heavy atom. The summed E-state index contributed by atoms with van der Waals surface area (Å²) in [6.45, 7) is 0.237. The molecular formula is C10H9N3O4. The number of nitrogens with zero attached hydrogens (tertiary/aromatic N) is 2. The van der Waals surface area contributed by atoms with E-state index in [9.17, 15) is 9.59 Å². The minimum absolute atomic E-state index is 0.0716. The summed E-state index contributed by atoms with van der Waals surface area (Å²) in [4.78, 5) is 21.4. The van der Waals surface area contributed by atoms with E-state index >= 15 is 0 Å². The van der Waals surface area contributed by atoms with Crippen molar-refractivity contribution in [1.29, 1.82) is 0 Å². The summed E-state index contributed by atoms with van der Waals surface area (Å²) >= 11 is 0. The summed E-state index contributed by atoms with van der Waals surface area (Å²) < 4.78 is 6.48. The Kier molecular flexibility index (Phi) is 2.65. The highest BCUT2D eigenvalue weighted by Crippen LogP contribution is 2.09. The lowest BCUT2D eigenvalue weighted by molar-refractivity contribution is 0.0696. The average Bonchev–Trinajstić information content (AvgIpc) is 2.87. The van der Waals surface area contributed by atoms with Gasteiger partial charge >= 0.3 is 5.97 Å². The third kappa shape index (κ3) is 2.33. The van der Waals surface area contributed by atoms with Gasteiger partial charge in [0, 0.05) is 6.20 Å². The summed E-state index contributed by atoms with van der Waals surface area (Å²) in [5.74, 6) is -1.24. The molecule has 7 nitrogen and oxygen atoms in total. The molecular weight excluding hydrogens is 226 g/mol. The van der Waals surface area contributed by atoms with Crippen LogP contribution in [0.2, 0.25) is 0 Å². The van der Waals surface area contributed by atoms with E-state index in [-0.39, 0.29) is 17.8 Å². The molecule has 2 aromatic rings. The second-order valence-corrected chi connectivity index (χ2v) is 3.37. The fourth-order valence-corrected chi connectivity index (χ4v) is 1.32. The van der Waals surface area contributed by atoms with Crippen LogP contribution in [0.3, 0.4) is 0 Å². The number of carboxylic acids is 1. The van der Waals surface area contributed by atoms with Gasteiger partial charge in [0.1, 0.15) is 17.7 Å². The van der Waals surface area contributed by atoms with Crippen LogP contribution < -0.4 is 5.73 Å². The first-order valence-electron chi connectivity index (χ1n) is 4.70. The maximum Gasteiger partial charge on any atom is 0.338 e. The molecule has 2 rings (SSSR count). The number of aromatic carboxylic acids is 1. The molecule has 0 aliphatic rings. The number of hydrogen-bond acceptors (Lipinski definition) is 4. The molecule has 0 atom stereocenters. The van der Waals surface area contributed by atoms with Crippen LogP contribution in [0.25, 0.3) is 0 Å². The maximum atomic E-state index is 10.8. The highest BCUT2D eigenvalue weighted by molar-refractivity contribution is 5.90. The van der Waals surface area contributed by atoms with Gasteiger partial charge in [0.15, 0.2) is 0 Å². The Morgan fingerprint density at radius 2 is 2.29 bits per heavy atom. The number of hydrogen-bond donors (Lipinski definition) is 2. The van der Waals surface area contributed by atoms with Crippen molar-refractivity contribution in [3.05, 3.63) is 41.6 Å². The quantitative estimate of drug-likeness (QED) is 0.792. The lowest BCUT2D eigenvalue weighted by atomic mass is 10.3. The van der Waals surface area contributed by atoms with Crippen LogP contribution in [-0.2, 0) is 6.54 Å². The Labute approximate surface area is 95.4 Å². The number of furan rings is 1. The van der Waals surface area contributed by atoms with Gasteiger partial charge in [-0.15, -0.1) is 0 Å². The predicted octanol–water partition coefficient (Wildman–Crippen LogP) is 0.321. The van der Waals surface area contributed by atoms with Crippen molar-refractivity contribution < 1.29 is 19.1 Å². The molecule has 0 aliphatic carbocycles. The van der Waals surface area contributed by atoms with Crippen molar-refractivity contribution in [2.75, 3.05) is 0 Å². The molecule has 0 bridgehead atoms. The van der Waals surface area contributed by atoms with Crippen LogP contribution in [0, 0.1) is 0 Å². The molecule has 0 saturated carbocycles. The summed E-state index contributed by atoms with van der Waals surface area (Å²) in [5, 5.41) is 12.6. The van der Waals surface area contributed by atoms with Gasteiger partial charge in [0.2, 0.25) is 0 Å². The minimum atomic E-state index is -1.06. The fourth-order valence-electron chi connectivity index (χ4n) is 1.32. The number of carbonyl (C=O) groups is 2. The molecule has 2 heterocycles. The van der Waals surface area contributed by atoms with Crippen LogP contribution >= 0.6 is 0 Å². The molecule has 0 radical (unpaired) electrons. The van der Waals surface area contributed by atoms with Gasteiger partial charge in [-0.3, -0.25) is 9.48 Å². The standard InChI is InChI=1S/C10H9N3O4/c11-9(14)8-1-2-13(12-8)4-7-3-6(5-17-7)10(15)16/h1-3,5H,4H2,(H2,11,14)(H,15,16). The highest BCUT2D eigenvalue weighted by atomic mass is 16.4. The summed E-state index contributed by atoms with van der Waals surface area (Å²) in [5.41, 5.74) is 5.27. The zero-order valence-corrected chi connectivity index (χ0v) is 8.66. The molecule has 0 unspecified atom stereocenters. The molecule has 1 amide bonds. The Morgan fingerprint density at radius 3 is 2.82 bits per heavy atom. The van der Waals surface area contributed by atoms with E-state index in [1.807, 2.05) is 0 Å². The van der Waals surface area contributed by atoms with Crippen molar-refractivity contribution >= 4 is 11.9 Å². The van der Waals surface area contributed by atoms with Crippen molar-refractivity contribution in [1.82, 2.24) is 9.78 Å². The van der Waals surface area contributed by atoms with Crippen LogP contribution in [0.4, 0.5) is 0 Å². The number of nitrogens with two attached hydrogens (primary N) is 1. The number of aromatic nitrogens is 2. The number of amides is 1. The first kappa shape index (κ1) is 10.9. The molecule has 0 saturated heterocycles. The second kappa shape index (κ2) is 4.12. The highest BCUT2D eigenvalue weighted by Gasteiger charge is 2.10. The van der Waals surface area contributed by atoms with Crippen molar-refractivity contribution in [2.45, 2.75) is 6.54 Å². The number of rotatable bonds is 4. The van der Waals surface area contributed by atoms with Crippen molar-refractivity contribution in [3.63, 3.8) is 0 Å². The van der Waals surface area contributed by atoms with Crippen LogP contribution in [0.15, 0.2) is 29.0 Å².